The van der Waals surface area contributed by atoms with Crippen LogP contribution in [-0.4, -0.2) is 39.7 Å². The van der Waals surface area contributed by atoms with Crippen LogP contribution in [-0.2, 0) is 18.4 Å². The summed E-state index contributed by atoms with van der Waals surface area (Å²) in [5.41, 5.74) is 1.21. The summed E-state index contributed by atoms with van der Waals surface area (Å²) in [6.07, 6.45) is 6.18. The van der Waals surface area contributed by atoms with Crippen LogP contribution >= 0.6 is 0 Å². The zero-order valence-corrected chi connectivity index (χ0v) is 11.5. The average Bonchev–Trinajstić information content (AvgIpc) is 3.20. The van der Waals surface area contributed by atoms with E-state index in [2.05, 4.69) is 15.3 Å². The number of aryl methyl sites for hydroxylation is 1. The molecule has 0 atom stereocenters. The highest BCUT2D eigenvalue weighted by molar-refractivity contribution is 5.81. The molecule has 0 radical (unpaired) electrons. The maximum absolute atomic E-state index is 12.0. The summed E-state index contributed by atoms with van der Waals surface area (Å²) < 4.78 is 1.90. The molecule has 1 aromatic rings. The number of hydrogen-bond acceptors (Lipinski definition) is 3. The Labute approximate surface area is 114 Å². The smallest absolute Gasteiger partial charge is 0.225 e. The molecule has 1 aliphatic carbocycles. The monoisotopic (exact) mass is 262 g/mol. The molecule has 1 saturated heterocycles. The second kappa shape index (κ2) is 5.33. The minimum absolute atomic E-state index is 0.360. The topological polar surface area (TPSA) is 50.2 Å². The first-order chi connectivity index (χ1) is 9.24. The van der Waals surface area contributed by atoms with Crippen LogP contribution in [0.25, 0.3) is 0 Å². The lowest BCUT2D eigenvalue weighted by atomic mass is 10.0. The van der Waals surface area contributed by atoms with Gasteiger partial charge < -0.3 is 10.2 Å². The van der Waals surface area contributed by atoms with E-state index in [1.54, 1.807) is 0 Å². The van der Waals surface area contributed by atoms with Crippen LogP contribution in [0, 0.1) is 5.92 Å². The zero-order chi connectivity index (χ0) is 13.2. The van der Waals surface area contributed by atoms with Crippen molar-refractivity contribution in [2.45, 2.75) is 38.3 Å². The number of nitrogens with one attached hydrogen (secondary N) is 1. The van der Waals surface area contributed by atoms with E-state index in [4.69, 9.17) is 0 Å². The summed E-state index contributed by atoms with van der Waals surface area (Å²) in [7, 11) is 1.97. The normalized spacial score (nSPS) is 20.8. The summed E-state index contributed by atoms with van der Waals surface area (Å²) in [6, 6.07) is 2.57. The van der Waals surface area contributed by atoms with Crippen LogP contribution in [0.2, 0.25) is 0 Å². The molecule has 1 N–H and O–H groups in total. The first-order valence-electron chi connectivity index (χ1n) is 7.23. The van der Waals surface area contributed by atoms with Gasteiger partial charge >= 0.3 is 0 Å². The Balaban J connectivity index is 1.43. The van der Waals surface area contributed by atoms with Gasteiger partial charge in [-0.05, 0) is 31.7 Å². The van der Waals surface area contributed by atoms with Gasteiger partial charge in [-0.1, -0.05) is 0 Å². The minimum atomic E-state index is 0.360. The largest absolute Gasteiger partial charge is 0.342 e. The van der Waals surface area contributed by atoms with Gasteiger partial charge in [0.05, 0.1) is 5.69 Å². The van der Waals surface area contributed by atoms with Gasteiger partial charge in [-0.2, -0.15) is 5.10 Å². The van der Waals surface area contributed by atoms with E-state index in [9.17, 15) is 4.79 Å². The van der Waals surface area contributed by atoms with E-state index in [1.165, 1.54) is 5.69 Å². The van der Waals surface area contributed by atoms with Crippen molar-refractivity contribution in [2.75, 3.05) is 13.1 Å². The third-order valence-corrected chi connectivity index (χ3v) is 4.23. The summed E-state index contributed by atoms with van der Waals surface area (Å²) >= 11 is 0. The Morgan fingerprint density at radius 2 is 2.11 bits per heavy atom. The van der Waals surface area contributed by atoms with Crippen LogP contribution in [0.3, 0.4) is 0 Å². The molecule has 5 nitrogen and oxygen atoms in total. The van der Waals surface area contributed by atoms with E-state index < -0.39 is 0 Å². The number of aromatic nitrogens is 2. The fraction of sp³-hybridized carbons (Fsp3) is 0.714. The Morgan fingerprint density at radius 1 is 1.37 bits per heavy atom. The standard InChI is InChI=1S/C14H22N4O/c1-17-13(4-7-16-17)10-15-12-5-8-18(9-6-12)14(19)11-2-3-11/h4,7,11-12,15H,2-3,5-6,8-10H2,1H3. The van der Waals surface area contributed by atoms with Gasteiger partial charge in [-0.15, -0.1) is 0 Å². The molecule has 104 valence electrons. The fourth-order valence-electron chi connectivity index (χ4n) is 2.72. The van der Waals surface area contributed by atoms with Crippen molar-refractivity contribution < 1.29 is 4.79 Å². The molecule has 0 unspecified atom stereocenters. The van der Waals surface area contributed by atoms with E-state index in [-0.39, 0.29) is 0 Å². The highest BCUT2D eigenvalue weighted by Crippen LogP contribution is 2.31. The number of nitrogens with zero attached hydrogens (tertiary/aromatic N) is 3. The average molecular weight is 262 g/mol. The van der Waals surface area contributed by atoms with Crippen LogP contribution < -0.4 is 5.32 Å². The highest BCUT2D eigenvalue weighted by atomic mass is 16.2. The number of rotatable bonds is 4. The number of carbonyl (C=O) groups is 1. The zero-order valence-electron chi connectivity index (χ0n) is 11.5. The number of piperidine rings is 1. The van der Waals surface area contributed by atoms with Crippen LogP contribution in [0.4, 0.5) is 0 Å². The van der Waals surface area contributed by atoms with Crippen molar-refractivity contribution in [1.29, 1.82) is 0 Å². The molecule has 2 heterocycles. The van der Waals surface area contributed by atoms with Crippen molar-refractivity contribution >= 4 is 5.91 Å². The van der Waals surface area contributed by atoms with Crippen molar-refractivity contribution in [3.8, 4) is 0 Å². The van der Waals surface area contributed by atoms with Crippen LogP contribution in [0.5, 0.6) is 0 Å². The molecule has 2 fully saturated rings. The predicted molar refractivity (Wildman–Crippen MR) is 72.4 cm³/mol. The SMILES string of the molecule is Cn1nccc1CNC1CCN(C(=O)C2CC2)CC1. The maximum Gasteiger partial charge on any atom is 0.225 e. The molecular formula is C14H22N4O. The van der Waals surface area contributed by atoms with Crippen molar-refractivity contribution in [3.63, 3.8) is 0 Å². The second-order valence-electron chi connectivity index (χ2n) is 5.70. The van der Waals surface area contributed by atoms with Crippen LogP contribution in [0.15, 0.2) is 12.3 Å². The summed E-state index contributed by atoms with van der Waals surface area (Å²) in [4.78, 5) is 14.0. The lowest BCUT2D eigenvalue weighted by molar-refractivity contribution is -0.133. The molecule has 1 aromatic heterocycles. The predicted octanol–water partition coefficient (Wildman–Crippen LogP) is 0.911. The Morgan fingerprint density at radius 3 is 2.68 bits per heavy atom. The number of carbonyl (C=O) groups excluding carboxylic acids is 1. The third-order valence-electron chi connectivity index (χ3n) is 4.23. The molecule has 19 heavy (non-hydrogen) atoms. The van der Waals surface area contributed by atoms with Crippen LogP contribution in [0.1, 0.15) is 31.4 Å². The van der Waals surface area contributed by atoms with E-state index >= 15 is 0 Å². The Kier molecular flexibility index (Phi) is 3.55. The molecule has 0 bridgehead atoms. The Hall–Kier alpha value is -1.36. The van der Waals surface area contributed by atoms with Gasteiger partial charge in [0.2, 0.25) is 5.91 Å². The molecule has 3 rings (SSSR count). The quantitative estimate of drug-likeness (QED) is 0.877. The molecule has 2 aliphatic rings. The van der Waals surface area contributed by atoms with Gasteiger partial charge in [0, 0.05) is 44.8 Å². The van der Waals surface area contributed by atoms with Gasteiger partial charge in [-0.25, -0.2) is 0 Å². The Bertz CT molecular complexity index is 444. The molecule has 0 aromatic carbocycles. The van der Waals surface area contributed by atoms with Gasteiger partial charge in [-0.3, -0.25) is 9.48 Å². The maximum atomic E-state index is 12.0. The van der Waals surface area contributed by atoms with E-state index in [1.807, 2.05) is 24.0 Å². The fourth-order valence-corrected chi connectivity index (χ4v) is 2.72. The number of amides is 1. The number of likely N-dealkylation sites (tertiary alicyclic amines) is 1. The molecule has 0 spiro atoms. The number of hydrogen-bond donors (Lipinski definition) is 1. The van der Waals surface area contributed by atoms with E-state index in [0.717, 1.165) is 45.3 Å². The summed E-state index contributed by atoms with van der Waals surface area (Å²) in [6.45, 7) is 2.69. The van der Waals surface area contributed by atoms with Crippen molar-refractivity contribution in [2.24, 2.45) is 13.0 Å². The summed E-state index contributed by atoms with van der Waals surface area (Å²) in [5, 5.41) is 7.74. The van der Waals surface area contributed by atoms with Crippen molar-refractivity contribution in [1.82, 2.24) is 20.0 Å². The molecule has 5 heteroatoms. The molecular weight excluding hydrogens is 240 g/mol. The lowest BCUT2D eigenvalue weighted by Crippen LogP contribution is -2.45. The first-order valence-corrected chi connectivity index (χ1v) is 7.23. The summed E-state index contributed by atoms with van der Waals surface area (Å²) in [5.74, 6) is 0.754. The third kappa shape index (κ3) is 2.97. The molecule has 1 aliphatic heterocycles. The highest BCUT2D eigenvalue weighted by Gasteiger charge is 2.34. The molecule has 1 amide bonds. The van der Waals surface area contributed by atoms with Gasteiger partial charge in [0.1, 0.15) is 0 Å². The molecule has 1 saturated carbocycles. The first kappa shape index (κ1) is 12.7. The second-order valence-corrected chi connectivity index (χ2v) is 5.70. The minimum Gasteiger partial charge on any atom is -0.342 e. The van der Waals surface area contributed by atoms with E-state index in [0.29, 0.717) is 17.9 Å². The lowest BCUT2D eigenvalue weighted by Gasteiger charge is -2.32. The van der Waals surface area contributed by atoms with Gasteiger partial charge in [0.25, 0.3) is 0 Å². The van der Waals surface area contributed by atoms with Crippen molar-refractivity contribution in [3.05, 3.63) is 18.0 Å². The van der Waals surface area contributed by atoms with Gasteiger partial charge in [0.15, 0.2) is 0 Å².